The minimum Gasteiger partial charge on any atom is -0.383 e. The van der Waals surface area contributed by atoms with Crippen molar-refractivity contribution in [3.05, 3.63) is 22.8 Å². The predicted octanol–water partition coefficient (Wildman–Crippen LogP) is 1.51. The fourth-order valence-corrected chi connectivity index (χ4v) is 1.33. The molecule has 1 aromatic heterocycles. The van der Waals surface area contributed by atoms with Gasteiger partial charge in [-0.3, -0.25) is 0 Å². The second kappa shape index (κ2) is 6.61. The maximum atomic E-state index is 5.98. The molecular weight excluding hydrogens is 214 g/mol. The van der Waals surface area contributed by atoms with Crippen LogP contribution in [-0.2, 0) is 11.3 Å². The minimum absolute atomic E-state index is 0.658. The van der Waals surface area contributed by atoms with Crippen molar-refractivity contribution in [2.45, 2.75) is 6.54 Å². The number of hydrogen-bond donors (Lipinski definition) is 2. The standard InChI is InChI=1S/C10H16ClN3O/c1-12-7-9-8(11)3-4-10(14-9)13-5-6-15-2/h3-4,12H,5-7H2,1-2H3,(H,13,14). The van der Waals surface area contributed by atoms with Gasteiger partial charge in [-0.05, 0) is 19.2 Å². The molecule has 4 nitrogen and oxygen atoms in total. The predicted molar refractivity (Wildman–Crippen MR) is 62.4 cm³/mol. The Morgan fingerprint density at radius 2 is 2.27 bits per heavy atom. The molecule has 1 rings (SSSR count). The van der Waals surface area contributed by atoms with Crippen LogP contribution in [0.5, 0.6) is 0 Å². The van der Waals surface area contributed by atoms with Crippen LogP contribution in [-0.4, -0.2) is 32.3 Å². The molecule has 0 unspecified atom stereocenters. The second-order valence-electron chi connectivity index (χ2n) is 3.07. The number of nitrogens with one attached hydrogen (secondary N) is 2. The Hall–Kier alpha value is -0.840. The lowest BCUT2D eigenvalue weighted by Crippen LogP contribution is -2.12. The third-order valence-corrected chi connectivity index (χ3v) is 2.22. The number of hydrogen-bond acceptors (Lipinski definition) is 4. The molecule has 0 aliphatic carbocycles. The average Bonchev–Trinajstić information content (AvgIpc) is 2.23. The van der Waals surface area contributed by atoms with E-state index in [1.807, 2.05) is 19.2 Å². The van der Waals surface area contributed by atoms with E-state index in [-0.39, 0.29) is 0 Å². The first-order chi connectivity index (χ1) is 7.27. The van der Waals surface area contributed by atoms with Gasteiger partial charge in [0.05, 0.1) is 17.3 Å². The van der Waals surface area contributed by atoms with Crippen molar-refractivity contribution in [3.63, 3.8) is 0 Å². The lowest BCUT2D eigenvalue weighted by molar-refractivity contribution is 0.210. The van der Waals surface area contributed by atoms with Crippen molar-refractivity contribution < 1.29 is 4.74 Å². The molecule has 0 atom stereocenters. The molecule has 84 valence electrons. The number of methoxy groups -OCH3 is 1. The molecule has 0 fully saturated rings. The number of ether oxygens (including phenoxy) is 1. The van der Waals surface area contributed by atoms with Crippen LogP contribution in [0, 0.1) is 0 Å². The number of halogens is 1. The van der Waals surface area contributed by atoms with Gasteiger partial charge in [0.2, 0.25) is 0 Å². The summed E-state index contributed by atoms with van der Waals surface area (Å²) >= 11 is 5.98. The van der Waals surface area contributed by atoms with Crippen LogP contribution >= 0.6 is 11.6 Å². The average molecular weight is 230 g/mol. The van der Waals surface area contributed by atoms with Gasteiger partial charge in [0.1, 0.15) is 5.82 Å². The second-order valence-corrected chi connectivity index (χ2v) is 3.48. The Labute approximate surface area is 95.0 Å². The molecule has 0 amide bonds. The number of nitrogens with zero attached hydrogens (tertiary/aromatic N) is 1. The maximum Gasteiger partial charge on any atom is 0.126 e. The molecule has 0 aliphatic heterocycles. The Balaban J connectivity index is 2.61. The zero-order chi connectivity index (χ0) is 11.1. The van der Waals surface area contributed by atoms with E-state index >= 15 is 0 Å². The quantitative estimate of drug-likeness (QED) is 0.726. The van der Waals surface area contributed by atoms with E-state index in [0.717, 1.165) is 18.1 Å². The van der Waals surface area contributed by atoms with Crippen LogP contribution in [0.3, 0.4) is 0 Å². The molecular formula is C10H16ClN3O. The van der Waals surface area contributed by atoms with Gasteiger partial charge in [-0.1, -0.05) is 11.6 Å². The van der Waals surface area contributed by atoms with E-state index in [0.29, 0.717) is 18.2 Å². The summed E-state index contributed by atoms with van der Waals surface area (Å²) in [7, 11) is 3.53. The summed E-state index contributed by atoms with van der Waals surface area (Å²) in [5.74, 6) is 0.821. The SMILES string of the molecule is CNCc1nc(NCCOC)ccc1Cl. The van der Waals surface area contributed by atoms with E-state index in [4.69, 9.17) is 16.3 Å². The van der Waals surface area contributed by atoms with E-state index in [2.05, 4.69) is 15.6 Å². The molecule has 0 saturated carbocycles. The highest BCUT2D eigenvalue weighted by Gasteiger charge is 2.02. The normalized spacial score (nSPS) is 10.3. The summed E-state index contributed by atoms with van der Waals surface area (Å²) in [6.45, 7) is 2.06. The third-order valence-electron chi connectivity index (χ3n) is 1.88. The molecule has 0 spiro atoms. The number of pyridine rings is 1. The molecule has 0 radical (unpaired) electrons. The van der Waals surface area contributed by atoms with Crippen LogP contribution in [0.1, 0.15) is 5.69 Å². The van der Waals surface area contributed by atoms with Crippen LogP contribution < -0.4 is 10.6 Å². The third kappa shape index (κ3) is 4.03. The molecule has 0 aromatic carbocycles. The van der Waals surface area contributed by atoms with Crippen molar-refractivity contribution in [1.82, 2.24) is 10.3 Å². The van der Waals surface area contributed by atoms with E-state index in [1.54, 1.807) is 7.11 Å². The first-order valence-corrected chi connectivity index (χ1v) is 5.18. The van der Waals surface area contributed by atoms with E-state index < -0.39 is 0 Å². The number of aromatic nitrogens is 1. The van der Waals surface area contributed by atoms with Crippen molar-refractivity contribution in [2.75, 3.05) is 32.6 Å². The molecule has 5 heteroatoms. The lowest BCUT2D eigenvalue weighted by atomic mass is 10.3. The minimum atomic E-state index is 0.658. The highest BCUT2D eigenvalue weighted by molar-refractivity contribution is 6.31. The first-order valence-electron chi connectivity index (χ1n) is 4.80. The summed E-state index contributed by atoms with van der Waals surface area (Å²) in [4.78, 5) is 4.37. The van der Waals surface area contributed by atoms with Gasteiger partial charge in [0, 0.05) is 20.2 Å². The van der Waals surface area contributed by atoms with Crippen molar-refractivity contribution in [3.8, 4) is 0 Å². The molecule has 0 aliphatic rings. The summed E-state index contributed by atoms with van der Waals surface area (Å²) in [5, 5.41) is 6.85. The Morgan fingerprint density at radius 3 is 2.93 bits per heavy atom. The first kappa shape index (κ1) is 12.2. The molecule has 1 heterocycles. The molecule has 0 bridgehead atoms. The summed E-state index contributed by atoms with van der Waals surface area (Å²) in [6, 6.07) is 3.70. The Morgan fingerprint density at radius 1 is 1.47 bits per heavy atom. The van der Waals surface area contributed by atoms with Crippen LogP contribution in [0.25, 0.3) is 0 Å². The molecule has 15 heavy (non-hydrogen) atoms. The van der Waals surface area contributed by atoms with Gasteiger partial charge in [-0.25, -0.2) is 4.98 Å². The molecule has 0 saturated heterocycles. The Kier molecular flexibility index (Phi) is 5.39. The summed E-state index contributed by atoms with van der Waals surface area (Å²) in [6.07, 6.45) is 0. The molecule has 2 N–H and O–H groups in total. The zero-order valence-corrected chi connectivity index (χ0v) is 9.77. The summed E-state index contributed by atoms with van der Waals surface area (Å²) in [5.41, 5.74) is 0.849. The van der Waals surface area contributed by atoms with Crippen LogP contribution in [0.2, 0.25) is 5.02 Å². The van der Waals surface area contributed by atoms with Crippen molar-refractivity contribution in [1.29, 1.82) is 0 Å². The van der Waals surface area contributed by atoms with Crippen LogP contribution in [0.4, 0.5) is 5.82 Å². The Bertz CT molecular complexity index is 307. The smallest absolute Gasteiger partial charge is 0.126 e. The highest BCUT2D eigenvalue weighted by atomic mass is 35.5. The van der Waals surface area contributed by atoms with Crippen molar-refractivity contribution in [2.24, 2.45) is 0 Å². The topological polar surface area (TPSA) is 46.2 Å². The monoisotopic (exact) mass is 229 g/mol. The lowest BCUT2D eigenvalue weighted by Gasteiger charge is -2.08. The fraction of sp³-hybridized carbons (Fsp3) is 0.500. The summed E-state index contributed by atoms with van der Waals surface area (Å²) < 4.78 is 4.94. The largest absolute Gasteiger partial charge is 0.383 e. The van der Waals surface area contributed by atoms with Gasteiger partial charge in [-0.15, -0.1) is 0 Å². The van der Waals surface area contributed by atoms with Gasteiger partial charge in [0.25, 0.3) is 0 Å². The van der Waals surface area contributed by atoms with Gasteiger partial charge < -0.3 is 15.4 Å². The van der Waals surface area contributed by atoms with Crippen molar-refractivity contribution >= 4 is 17.4 Å². The fourth-order valence-electron chi connectivity index (χ4n) is 1.16. The van der Waals surface area contributed by atoms with Gasteiger partial charge in [0.15, 0.2) is 0 Å². The zero-order valence-electron chi connectivity index (χ0n) is 9.01. The highest BCUT2D eigenvalue weighted by Crippen LogP contribution is 2.16. The molecule has 1 aromatic rings. The van der Waals surface area contributed by atoms with Gasteiger partial charge >= 0.3 is 0 Å². The number of rotatable bonds is 6. The maximum absolute atomic E-state index is 5.98. The van der Waals surface area contributed by atoms with E-state index in [9.17, 15) is 0 Å². The van der Waals surface area contributed by atoms with E-state index in [1.165, 1.54) is 0 Å². The van der Waals surface area contributed by atoms with Crippen LogP contribution in [0.15, 0.2) is 12.1 Å². The van der Waals surface area contributed by atoms with Gasteiger partial charge in [-0.2, -0.15) is 0 Å². The number of anilines is 1.